The molecule has 0 fully saturated rings. The van der Waals surface area contributed by atoms with E-state index >= 15 is 0 Å². The number of aryl methyl sites for hydroxylation is 1. The summed E-state index contributed by atoms with van der Waals surface area (Å²) in [7, 11) is -1.11. The van der Waals surface area contributed by atoms with Crippen molar-refractivity contribution in [2.75, 3.05) is 20.7 Å². The summed E-state index contributed by atoms with van der Waals surface area (Å²) in [5, 5.41) is 3.21. The normalized spacial score (nSPS) is 11.4. The Morgan fingerprint density at radius 3 is 2.58 bits per heavy atom. The molecule has 1 N–H and O–H groups in total. The Labute approximate surface area is 158 Å². The van der Waals surface area contributed by atoms with Crippen molar-refractivity contribution in [1.29, 1.82) is 0 Å². The lowest BCUT2D eigenvalue weighted by atomic mass is 10.2. The van der Waals surface area contributed by atoms with Gasteiger partial charge in [0.25, 0.3) is 0 Å². The van der Waals surface area contributed by atoms with E-state index in [0.717, 1.165) is 15.4 Å². The Kier molecular flexibility index (Phi) is 6.63. The van der Waals surface area contributed by atoms with E-state index in [1.54, 1.807) is 37.3 Å². The Bertz CT molecular complexity index is 900. The van der Waals surface area contributed by atoms with Gasteiger partial charge in [0, 0.05) is 18.6 Å². The molecule has 0 heterocycles. The van der Waals surface area contributed by atoms with E-state index in [0.29, 0.717) is 5.02 Å². The van der Waals surface area contributed by atoms with E-state index in [1.807, 2.05) is 6.07 Å². The van der Waals surface area contributed by atoms with E-state index in [1.165, 1.54) is 20.2 Å². The van der Waals surface area contributed by atoms with E-state index in [4.69, 9.17) is 16.3 Å². The van der Waals surface area contributed by atoms with Gasteiger partial charge in [-0.2, -0.15) is 4.31 Å². The minimum atomic E-state index is -3.87. The van der Waals surface area contributed by atoms with E-state index < -0.39 is 15.9 Å². The van der Waals surface area contributed by atoms with Crippen molar-refractivity contribution in [2.24, 2.45) is 0 Å². The number of hydrogen-bond acceptors (Lipinski definition) is 4. The van der Waals surface area contributed by atoms with Crippen LogP contribution in [0.15, 0.2) is 47.4 Å². The second-order valence-corrected chi connectivity index (χ2v) is 8.20. The van der Waals surface area contributed by atoms with Crippen LogP contribution in [0.2, 0.25) is 5.02 Å². The van der Waals surface area contributed by atoms with Crippen molar-refractivity contribution in [3.63, 3.8) is 0 Å². The van der Waals surface area contributed by atoms with Crippen molar-refractivity contribution in [2.45, 2.75) is 18.4 Å². The van der Waals surface area contributed by atoms with Gasteiger partial charge in [0.1, 0.15) is 10.6 Å². The van der Waals surface area contributed by atoms with E-state index in [2.05, 4.69) is 5.32 Å². The third-order valence-corrected chi connectivity index (χ3v) is 6.00. The molecule has 0 saturated heterocycles. The summed E-state index contributed by atoms with van der Waals surface area (Å²) in [4.78, 5) is 12.2. The summed E-state index contributed by atoms with van der Waals surface area (Å²) in [5.74, 6) is -0.193. The minimum Gasteiger partial charge on any atom is -0.495 e. The lowest BCUT2D eigenvalue weighted by molar-refractivity contribution is -0.121. The first-order chi connectivity index (χ1) is 12.3. The summed E-state index contributed by atoms with van der Waals surface area (Å²) in [5.41, 5.74) is 1.54. The molecule has 26 heavy (non-hydrogen) atoms. The van der Waals surface area contributed by atoms with Crippen molar-refractivity contribution in [3.8, 4) is 5.75 Å². The molecule has 0 aliphatic carbocycles. The van der Waals surface area contributed by atoms with Crippen LogP contribution < -0.4 is 10.1 Å². The average molecular weight is 397 g/mol. The zero-order valence-corrected chi connectivity index (χ0v) is 16.4. The number of likely N-dealkylation sites (N-methyl/N-ethyl adjacent to an activating group) is 1. The molecular weight excluding hydrogens is 376 g/mol. The van der Waals surface area contributed by atoms with Gasteiger partial charge in [0.05, 0.1) is 13.7 Å². The number of benzene rings is 2. The third-order valence-electron chi connectivity index (χ3n) is 3.81. The maximum absolute atomic E-state index is 12.8. The van der Waals surface area contributed by atoms with Crippen LogP contribution in [0.3, 0.4) is 0 Å². The number of nitrogens with one attached hydrogen (secondary N) is 1. The highest BCUT2D eigenvalue weighted by molar-refractivity contribution is 7.89. The first-order valence-electron chi connectivity index (χ1n) is 7.86. The zero-order chi connectivity index (χ0) is 19.3. The fraction of sp³-hybridized carbons (Fsp3) is 0.278. The van der Waals surface area contributed by atoms with Gasteiger partial charge in [-0.25, -0.2) is 8.42 Å². The Hall–Kier alpha value is -2.09. The van der Waals surface area contributed by atoms with Gasteiger partial charge in [-0.1, -0.05) is 35.9 Å². The second-order valence-electron chi connectivity index (χ2n) is 5.78. The average Bonchev–Trinajstić information content (AvgIpc) is 2.61. The smallest absolute Gasteiger partial charge is 0.246 e. The molecule has 0 unspecified atom stereocenters. The van der Waals surface area contributed by atoms with Gasteiger partial charge in [-0.15, -0.1) is 0 Å². The first-order valence-corrected chi connectivity index (χ1v) is 9.68. The SMILES string of the molecule is COc1ccc(C)cc1S(=O)(=O)N(C)CC(=O)NCc1ccccc1Cl. The lowest BCUT2D eigenvalue weighted by Gasteiger charge is -2.19. The fourth-order valence-electron chi connectivity index (χ4n) is 2.33. The van der Waals surface area contributed by atoms with Crippen molar-refractivity contribution < 1.29 is 17.9 Å². The highest BCUT2D eigenvalue weighted by atomic mass is 35.5. The number of ether oxygens (including phenoxy) is 1. The monoisotopic (exact) mass is 396 g/mol. The molecule has 2 aromatic carbocycles. The molecule has 0 atom stereocenters. The Morgan fingerprint density at radius 1 is 1.23 bits per heavy atom. The molecule has 140 valence electrons. The van der Waals surface area contributed by atoms with E-state index in [9.17, 15) is 13.2 Å². The highest BCUT2D eigenvalue weighted by Crippen LogP contribution is 2.27. The summed E-state index contributed by atoms with van der Waals surface area (Å²) in [6.07, 6.45) is 0. The van der Waals surface area contributed by atoms with Crippen LogP contribution >= 0.6 is 11.6 Å². The van der Waals surface area contributed by atoms with E-state index in [-0.39, 0.29) is 23.7 Å². The molecule has 2 aromatic rings. The van der Waals surface area contributed by atoms with Crippen LogP contribution in [-0.2, 0) is 21.4 Å². The topological polar surface area (TPSA) is 75.7 Å². The van der Waals surface area contributed by atoms with Crippen LogP contribution in [0.1, 0.15) is 11.1 Å². The molecular formula is C18H21ClN2O4S. The van der Waals surface area contributed by atoms with Crippen molar-refractivity contribution >= 4 is 27.5 Å². The molecule has 0 aliphatic heterocycles. The first kappa shape index (κ1) is 20.2. The van der Waals surface area contributed by atoms with Gasteiger partial charge < -0.3 is 10.1 Å². The van der Waals surface area contributed by atoms with Crippen molar-refractivity contribution in [1.82, 2.24) is 9.62 Å². The summed E-state index contributed by atoms with van der Waals surface area (Å²) in [6, 6.07) is 12.0. The standard InChI is InChI=1S/C18H21ClN2O4S/c1-13-8-9-16(25-3)17(10-13)26(23,24)21(2)12-18(22)20-11-14-6-4-5-7-15(14)19/h4-10H,11-12H2,1-3H3,(H,20,22). The number of methoxy groups -OCH3 is 1. The zero-order valence-electron chi connectivity index (χ0n) is 14.8. The number of sulfonamides is 1. The number of rotatable bonds is 7. The number of nitrogens with zero attached hydrogens (tertiary/aromatic N) is 1. The van der Waals surface area contributed by atoms with Gasteiger partial charge in [-0.05, 0) is 36.2 Å². The fourth-order valence-corrected chi connectivity index (χ4v) is 3.90. The maximum Gasteiger partial charge on any atom is 0.246 e. The van der Waals surface area contributed by atoms with Crippen LogP contribution in [0, 0.1) is 6.92 Å². The van der Waals surface area contributed by atoms with Crippen LogP contribution in [0.5, 0.6) is 5.75 Å². The molecule has 6 nitrogen and oxygen atoms in total. The van der Waals surface area contributed by atoms with Crippen LogP contribution in [-0.4, -0.2) is 39.3 Å². The molecule has 8 heteroatoms. The number of amides is 1. The number of carbonyl (C=O) groups is 1. The number of halogens is 1. The summed E-state index contributed by atoms with van der Waals surface area (Å²) < 4.78 is 31.7. The Morgan fingerprint density at radius 2 is 1.92 bits per heavy atom. The predicted octanol–water partition coefficient (Wildman–Crippen LogP) is 2.59. The van der Waals surface area contributed by atoms with Gasteiger partial charge in [-0.3, -0.25) is 4.79 Å². The Balaban J connectivity index is 2.08. The quantitative estimate of drug-likeness (QED) is 0.780. The molecule has 0 bridgehead atoms. The maximum atomic E-state index is 12.8. The molecule has 0 aliphatic rings. The number of carbonyl (C=O) groups excluding carboxylic acids is 1. The van der Waals surface area contributed by atoms with Gasteiger partial charge >= 0.3 is 0 Å². The predicted molar refractivity (Wildman–Crippen MR) is 101 cm³/mol. The van der Waals surface area contributed by atoms with Gasteiger partial charge in [0.15, 0.2) is 0 Å². The molecule has 1 amide bonds. The molecule has 2 rings (SSSR count). The number of hydrogen-bond donors (Lipinski definition) is 1. The molecule has 0 radical (unpaired) electrons. The largest absolute Gasteiger partial charge is 0.495 e. The summed E-state index contributed by atoms with van der Waals surface area (Å²) >= 11 is 6.04. The lowest BCUT2D eigenvalue weighted by Crippen LogP contribution is -2.38. The van der Waals surface area contributed by atoms with Crippen LogP contribution in [0.25, 0.3) is 0 Å². The molecule has 0 spiro atoms. The highest BCUT2D eigenvalue weighted by Gasteiger charge is 2.26. The minimum absolute atomic E-state index is 0.0291. The van der Waals surface area contributed by atoms with Crippen LogP contribution in [0.4, 0.5) is 0 Å². The van der Waals surface area contributed by atoms with Gasteiger partial charge in [0.2, 0.25) is 15.9 Å². The second kappa shape index (κ2) is 8.53. The molecule has 0 aromatic heterocycles. The van der Waals surface area contributed by atoms with Crippen molar-refractivity contribution in [3.05, 3.63) is 58.6 Å². The third kappa shape index (κ3) is 4.75. The summed E-state index contributed by atoms with van der Waals surface area (Å²) in [6.45, 7) is 1.69. The molecule has 0 saturated carbocycles.